The molecule has 1 aromatic carbocycles. The fourth-order valence-corrected chi connectivity index (χ4v) is 3.60. The smallest absolute Gasteiger partial charge is 0.268 e. The van der Waals surface area contributed by atoms with Crippen LogP contribution in [-0.2, 0) is 5.41 Å². The molecule has 3 aromatic heterocycles. The molecule has 4 heterocycles. The van der Waals surface area contributed by atoms with Crippen LogP contribution in [0.3, 0.4) is 0 Å². The van der Waals surface area contributed by atoms with Gasteiger partial charge in [0.2, 0.25) is 5.89 Å². The van der Waals surface area contributed by atoms with E-state index < -0.39 is 5.41 Å². The zero-order valence-corrected chi connectivity index (χ0v) is 18.8. The quantitative estimate of drug-likeness (QED) is 0.447. The van der Waals surface area contributed by atoms with Crippen LogP contribution in [0.2, 0.25) is 0 Å². The molecule has 0 unspecified atom stereocenters. The van der Waals surface area contributed by atoms with Crippen LogP contribution in [0.1, 0.15) is 31.7 Å². The summed E-state index contributed by atoms with van der Waals surface area (Å²) in [6.07, 6.45) is 4.62. The topological polar surface area (TPSA) is 105 Å². The van der Waals surface area contributed by atoms with Crippen molar-refractivity contribution >= 4 is 5.69 Å². The molecule has 8 nitrogen and oxygen atoms in total. The first-order valence-corrected chi connectivity index (χ1v) is 10.9. The summed E-state index contributed by atoms with van der Waals surface area (Å²) in [5, 5.41) is 17.9. The van der Waals surface area contributed by atoms with Gasteiger partial charge in [-0.15, -0.1) is 10.2 Å². The second-order valence-corrected chi connectivity index (χ2v) is 8.66. The van der Waals surface area contributed by atoms with Crippen molar-refractivity contribution in [1.82, 2.24) is 25.1 Å². The highest BCUT2D eigenvalue weighted by Gasteiger charge is 2.23. The van der Waals surface area contributed by atoms with Crippen molar-refractivity contribution in [3.8, 4) is 40.4 Å². The van der Waals surface area contributed by atoms with Gasteiger partial charge in [-0.05, 0) is 63.6 Å². The normalized spacial score (nSPS) is 13.5. The molecule has 1 saturated heterocycles. The third-order valence-corrected chi connectivity index (χ3v) is 5.89. The number of hydrogen-bond donors (Lipinski definition) is 0. The summed E-state index contributed by atoms with van der Waals surface area (Å²) in [4.78, 5) is 15.9. The Morgan fingerprint density at radius 1 is 1.00 bits per heavy atom. The van der Waals surface area contributed by atoms with Gasteiger partial charge in [-0.1, -0.05) is 0 Å². The molecule has 0 amide bonds. The molecule has 0 aliphatic carbocycles. The Balaban J connectivity index is 1.45. The maximum Gasteiger partial charge on any atom is 0.268 e. The van der Waals surface area contributed by atoms with Crippen molar-refractivity contribution in [1.29, 1.82) is 5.26 Å². The van der Waals surface area contributed by atoms with E-state index in [1.807, 2.05) is 45.0 Å². The summed E-state index contributed by atoms with van der Waals surface area (Å²) in [6, 6.07) is 14.1. The Hall–Kier alpha value is -4.12. The first-order valence-electron chi connectivity index (χ1n) is 10.9. The minimum Gasteiger partial charge on any atom is -0.415 e. The highest BCUT2D eigenvalue weighted by atomic mass is 16.4. The maximum absolute atomic E-state index is 9.44. The van der Waals surface area contributed by atoms with E-state index in [0.29, 0.717) is 34.6 Å². The van der Waals surface area contributed by atoms with Crippen LogP contribution in [-0.4, -0.2) is 38.2 Å². The molecule has 5 rings (SSSR count). The molecule has 0 bridgehead atoms. The van der Waals surface area contributed by atoms with E-state index in [2.05, 4.69) is 43.3 Å². The van der Waals surface area contributed by atoms with E-state index in [1.165, 1.54) is 12.1 Å². The maximum atomic E-state index is 9.44. The zero-order chi connectivity index (χ0) is 23.0. The second kappa shape index (κ2) is 8.10. The third-order valence-electron chi connectivity index (χ3n) is 5.89. The van der Waals surface area contributed by atoms with Gasteiger partial charge in [0.15, 0.2) is 0 Å². The fourth-order valence-electron chi connectivity index (χ4n) is 3.60. The average Bonchev–Trinajstić information content (AvgIpc) is 3.29. The lowest BCUT2D eigenvalue weighted by atomic mass is 9.90. The summed E-state index contributed by atoms with van der Waals surface area (Å²) in [7, 11) is 0. The minimum atomic E-state index is -0.705. The van der Waals surface area contributed by atoms with Crippen molar-refractivity contribution in [2.45, 2.75) is 32.6 Å². The van der Waals surface area contributed by atoms with E-state index >= 15 is 0 Å². The monoisotopic (exact) mass is 437 g/mol. The molecular formula is C25H23N7O. The van der Waals surface area contributed by atoms with E-state index in [1.54, 1.807) is 12.4 Å². The van der Waals surface area contributed by atoms with Gasteiger partial charge < -0.3 is 9.32 Å². The summed E-state index contributed by atoms with van der Waals surface area (Å²) in [6.45, 7) is 7.73. The Bertz CT molecular complexity index is 1350. The lowest BCUT2D eigenvalue weighted by Gasteiger charge is -2.33. The van der Waals surface area contributed by atoms with Crippen LogP contribution < -0.4 is 4.90 Å². The van der Waals surface area contributed by atoms with Crippen molar-refractivity contribution in [3.63, 3.8) is 0 Å². The van der Waals surface area contributed by atoms with Crippen LogP contribution in [0.4, 0.5) is 5.69 Å². The number of anilines is 1. The van der Waals surface area contributed by atoms with Gasteiger partial charge in [-0.25, -0.2) is 4.98 Å². The van der Waals surface area contributed by atoms with E-state index in [-0.39, 0.29) is 0 Å². The van der Waals surface area contributed by atoms with E-state index in [0.717, 1.165) is 24.2 Å². The van der Waals surface area contributed by atoms with Gasteiger partial charge in [0.25, 0.3) is 5.89 Å². The second-order valence-electron chi connectivity index (χ2n) is 8.66. The third kappa shape index (κ3) is 3.94. The minimum absolute atomic E-state index is 0.315. The number of nitriles is 1. The molecule has 164 valence electrons. The first kappa shape index (κ1) is 20.8. The zero-order valence-electron chi connectivity index (χ0n) is 18.8. The average molecular weight is 438 g/mol. The summed E-state index contributed by atoms with van der Waals surface area (Å²) in [5.74, 6) is 0.754. The van der Waals surface area contributed by atoms with Gasteiger partial charge in [0, 0.05) is 36.1 Å². The SMILES string of the molecule is Cc1ncc(-c2ccnc(C(C)(C)C#N)c2)nc1-c1nnc(-c2ccc(N3CCC3)cc2)o1. The number of aryl methyl sites for hydroxylation is 1. The molecule has 4 aromatic rings. The van der Waals surface area contributed by atoms with Gasteiger partial charge in [0.05, 0.1) is 34.8 Å². The predicted octanol–water partition coefficient (Wildman–Crippen LogP) is 4.58. The number of hydrogen-bond acceptors (Lipinski definition) is 8. The molecule has 1 aliphatic rings. The Morgan fingerprint density at radius 2 is 1.76 bits per heavy atom. The molecule has 0 N–H and O–H groups in total. The fraction of sp³-hybridized carbons (Fsp3) is 0.280. The highest BCUT2D eigenvalue weighted by Crippen LogP contribution is 2.29. The largest absolute Gasteiger partial charge is 0.415 e. The lowest BCUT2D eigenvalue weighted by Crippen LogP contribution is -2.36. The molecule has 33 heavy (non-hydrogen) atoms. The molecule has 0 spiro atoms. The van der Waals surface area contributed by atoms with Crippen LogP contribution in [0.25, 0.3) is 34.3 Å². The number of benzene rings is 1. The lowest BCUT2D eigenvalue weighted by molar-refractivity contribution is 0.581. The van der Waals surface area contributed by atoms with E-state index in [9.17, 15) is 5.26 Å². The van der Waals surface area contributed by atoms with Crippen LogP contribution in [0.15, 0.2) is 53.2 Å². The summed E-state index contributed by atoms with van der Waals surface area (Å²) >= 11 is 0. The summed E-state index contributed by atoms with van der Waals surface area (Å²) in [5.41, 5.74) is 4.71. The Labute approximate surface area is 192 Å². The standard InChI is InChI=1S/C25H23N7O/c1-16-22(29-20(14-28-16)18-9-10-27-21(13-18)25(2,3)15-26)24-31-30-23(33-24)17-5-7-19(8-6-17)32-11-4-12-32/h5-10,13-14H,4,11-12H2,1-3H3. The molecular weight excluding hydrogens is 414 g/mol. The molecule has 0 saturated carbocycles. The predicted molar refractivity (Wildman–Crippen MR) is 124 cm³/mol. The van der Waals surface area contributed by atoms with Gasteiger partial charge in [0.1, 0.15) is 5.69 Å². The van der Waals surface area contributed by atoms with Gasteiger partial charge >= 0.3 is 0 Å². The van der Waals surface area contributed by atoms with Crippen molar-refractivity contribution in [2.75, 3.05) is 18.0 Å². The molecule has 1 fully saturated rings. The Morgan fingerprint density at radius 3 is 2.45 bits per heavy atom. The number of aromatic nitrogens is 5. The molecule has 0 atom stereocenters. The first-order chi connectivity index (χ1) is 15.9. The summed E-state index contributed by atoms with van der Waals surface area (Å²) < 4.78 is 5.97. The number of rotatable bonds is 5. The van der Waals surface area contributed by atoms with Crippen molar-refractivity contribution in [2.24, 2.45) is 0 Å². The van der Waals surface area contributed by atoms with Crippen LogP contribution >= 0.6 is 0 Å². The Kier molecular flexibility index (Phi) is 5.09. The number of nitrogens with zero attached hydrogens (tertiary/aromatic N) is 7. The molecule has 1 aliphatic heterocycles. The molecule has 8 heteroatoms. The van der Waals surface area contributed by atoms with Crippen molar-refractivity contribution < 1.29 is 4.42 Å². The highest BCUT2D eigenvalue weighted by molar-refractivity contribution is 5.64. The van der Waals surface area contributed by atoms with Gasteiger partial charge in [-0.2, -0.15) is 5.26 Å². The van der Waals surface area contributed by atoms with Crippen LogP contribution in [0.5, 0.6) is 0 Å². The number of pyridine rings is 1. The molecule has 0 radical (unpaired) electrons. The van der Waals surface area contributed by atoms with E-state index in [4.69, 9.17) is 9.40 Å². The van der Waals surface area contributed by atoms with Gasteiger partial charge in [-0.3, -0.25) is 9.97 Å². The van der Waals surface area contributed by atoms with Crippen LogP contribution in [0, 0.1) is 18.3 Å². The van der Waals surface area contributed by atoms with Crippen molar-refractivity contribution in [3.05, 3.63) is 60.2 Å².